The van der Waals surface area contributed by atoms with E-state index in [1.54, 1.807) is 12.1 Å². The Morgan fingerprint density at radius 2 is 2.29 bits per heavy atom. The number of benzene rings is 1. The average Bonchev–Trinajstić information content (AvgIpc) is 2.18. The molecule has 1 rings (SSSR count). The van der Waals surface area contributed by atoms with Gasteiger partial charge in [-0.25, -0.2) is 4.79 Å². The van der Waals surface area contributed by atoms with Gasteiger partial charge in [0.1, 0.15) is 0 Å². The molecule has 0 unspecified atom stereocenters. The Balaban J connectivity index is 3.15. The lowest BCUT2D eigenvalue weighted by Gasteiger charge is -2.04. The van der Waals surface area contributed by atoms with E-state index in [1.165, 1.54) is 6.07 Å². The number of hydrogen-bond acceptors (Lipinski definition) is 1. The Kier molecular flexibility index (Phi) is 3.30. The Morgan fingerprint density at radius 1 is 1.57 bits per heavy atom. The Hall–Kier alpha value is -1.75. The molecule has 1 aromatic carbocycles. The lowest BCUT2D eigenvalue weighted by Crippen LogP contribution is -1.99. The predicted octanol–water partition coefficient (Wildman–Crippen LogP) is 2.32. The van der Waals surface area contributed by atoms with Gasteiger partial charge in [0.15, 0.2) is 0 Å². The third-order valence-corrected chi connectivity index (χ3v) is 2.03. The highest BCUT2D eigenvalue weighted by Crippen LogP contribution is 2.13. The molecule has 0 aromatic heterocycles. The SMILES string of the molecule is C#Cc1ccc(C(=O)O)cc1CCC. The van der Waals surface area contributed by atoms with Gasteiger partial charge in [-0.15, -0.1) is 6.42 Å². The molecule has 0 aliphatic carbocycles. The summed E-state index contributed by atoms with van der Waals surface area (Å²) in [5.41, 5.74) is 2.03. The molecule has 0 radical (unpaired) electrons. The van der Waals surface area contributed by atoms with Crippen molar-refractivity contribution in [2.24, 2.45) is 0 Å². The second-order valence-corrected chi connectivity index (χ2v) is 3.07. The molecule has 1 N–H and O–H groups in total. The molecule has 72 valence electrons. The average molecular weight is 188 g/mol. The molecule has 0 amide bonds. The molecule has 0 heterocycles. The van der Waals surface area contributed by atoms with Crippen LogP contribution in [0.2, 0.25) is 0 Å². The maximum Gasteiger partial charge on any atom is 0.335 e. The van der Waals surface area contributed by atoms with Gasteiger partial charge in [0.2, 0.25) is 0 Å². The van der Waals surface area contributed by atoms with E-state index >= 15 is 0 Å². The molecule has 1 aromatic rings. The molecule has 2 heteroatoms. The minimum absolute atomic E-state index is 0.299. The highest BCUT2D eigenvalue weighted by Gasteiger charge is 2.06. The molecular formula is C12H12O2. The normalized spacial score (nSPS) is 9.43. The number of rotatable bonds is 3. The topological polar surface area (TPSA) is 37.3 Å². The summed E-state index contributed by atoms with van der Waals surface area (Å²) in [5, 5.41) is 8.79. The van der Waals surface area contributed by atoms with E-state index < -0.39 is 5.97 Å². The van der Waals surface area contributed by atoms with E-state index in [-0.39, 0.29) is 0 Å². The van der Waals surface area contributed by atoms with E-state index in [4.69, 9.17) is 11.5 Å². The van der Waals surface area contributed by atoms with Crippen LogP contribution in [0.1, 0.15) is 34.8 Å². The number of terminal acetylenes is 1. The fraction of sp³-hybridized carbons (Fsp3) is 0.250. The number of carboxylic acid groups (broad SMARTS) is 1. The zero-order valence-corrected chi connectivity index (χ0v) is 8.08. The monoisotopic (exact) mass is 188 g/mol. The number of aryl methyl sites for hydroxylation is 1. The van der Waals surface area contributed by atoms with E-state index in [0.29, 0.717) is 5.56 Å². The molecule has 0 saturated carbocycles. The summed E-state index contributed by atoms with van der Waals surface area (Å²) >= 11 is 0. The number of aromatic carboxylic acids is 1. The van der Waals surface area contributed by atoms with Gasteiger partial charge in [-0.2, -0.15) is 0 Å². The van der Waals surface area contributed by atoms with E-state index in [0.717, 1.165) is 24.0 Å². The molecule has 0 aliphatic rings. The fourth-order valence-electron chi connectivity index (χ4n) is 1.34. The van der Waals surface area contributed by atoms with Crippen LogP contribution >= 0.6 is 0 Å². The molecule has 2 nitrogen and oxygen atoms in total. The summed E-state index contributed by atoms with van der Waals surface area (Å²) in [5.74, 6) is 1.64. The van der Waals surface area contributed by atoms with Crippen LogP contribution in [0, 0.1) is 12.3 Å². The van der Waals surface area contributed by atoms with Crippen LogP contribution in [0.15, 0.2) is 18.2 Å². The highest BCUT2D eigenvalue weighted by molar-refractivity contribution is 5.88. The quantitative estimate of drug-likeness (QED) is 0.739. The number of hydrogen-bond donors (Lipinski definition) is 1. The summed E-state index contributed by atoms with van der Waals surface area (Å²) < 4.78 is 0. The lowest BCUT2D eigenvalue weighted by atomic mass is 10.0. The van der Waals surface area contributed by atoms with Crippen molar-refractivity contribution in [3.8, 4) is 12.3 Å². The molecule has 0 bridgehead atoms. The molecule has 14 heavy (non-hydrogen) atoms. The summed E-state index contributed by atoms with van der Waals surface area (Å²) in [6.45, 7) is 2.04. The Morgan fingerprint density at radius 3 is 2.79 bits per heavy atom. The second-order valence-electron chi connectivity index (χ2n) is 3.07. The van der Waals surface area contributed by atoms with E-state index in [9.17, 15) is 4.79 Å². The van der Waals surface area contributed by atoms with Gasteiger partial charge in [0.05, 0.1) is 5.56 Å². The van der Waals surface area contributed by atoms with Crippen LogP contribution in [0.5, 0.6) is 0 Å². The molecule has 0 atom stereocenters. The Bertz CT molecular complexity index is 386. The van der Waals surface area contributed by atoms with Crippen LogP contribution in [0.25, 0.3) is 0 Å². The van der Waals surface area contributed by atoms with Crippen molar-refractivity contribution >= 4 is 5.97 Å². The van der Waals surface area contributed by atoms with Gasteiger partial charge >= 0.3 is 5.97 Å². The van der Waals surface area contributed by atoms with Crippen LogP contribution in [-0.2, 0) is 6.42 Å². The number of carbonyl (C=O) groups is 1. The third kappa shape index (κ3) is 2.14. The van der Waals surface area contributed by atoms with Crippen molar-refractivity contribution in [2.75, 3.05) is 0 Å². The zero-order chi connectivity index (χ0) is 10.6. The second kappa shape index (κ2) is 4.48. The van der Waals surface area contributed by atoms with Gasteiger partial charge in [-0.05, 0) is 30.2 Å². The fourth-order valence-corrected chi connectivity index (χ4v) is 1.34. The minimum Gasteiger partial charge on any atom is -0.478 e. The van der Waals surface area contributed by atoms with Gasteiger partial charge in [0.25, 0.3) is 0 Å². The smallest absolute Gasteiger partial charge is 0.335 e. The van der Waals surface area contributed by atoms with Crippen LogP contribution in [-0.4, -0.2) is 11.1 Å². The van der Waals surface area contributed by atoms with Crippen molar-refractivity contribution in [1.82, 2.24) is 0 Å². The van der Waals surface area contributed by atoms with Crippen molar-refractivity contribution in [3.63, 3.8) is 0 Å². The highest BCUT2D eigenvalue weighted by atomic mass is 16.4. The first-order valence-corrected chi connectivity index (χ1v) is 4.52. The predicted molar refractivity (Wildman–Crippen MR) is 55.3 cm³/mol. The first-order chi connectivity index (χ1) is 6.69. The minimum atomic E-state index is -0.911. The van der Waals surface area contributed by atoms with Crippen LogP contribution < -0.4 is 0 Å². The van der Waals surface area contributed by atoms with E-state index in [1.807, 2.05) is 6.92 Å². The first-order valence-electron chi connectivity index (χ1n) is 4.52. The molecule has 0 fully saturated rings. The van der Waals surface area contributed by atoms with Gasteiger partial charge in [-0.3, -0.25) is 0 Å². The van der Waals surface area contributed by atoms with Crippen LogP contribution in [0.3, 0.4) is 0 Å². The van der Waals surface area contributed by atoms with E-state index in [2.05, 4.69) is 5.92 Å². The summed E-state index contributed by atoms with van der Waals surface area (Å²) in [6, 6.07) is 4.88. The molecule has 0 aliphatic heterocycles. The van der Waals surface area contributed by atoms with Crippen molar-refractivity contribution in [1.29, 1.82) is 0 Å². The molecular weight excluding hydrogens is 176 g/mol. The zero-order valence-electron chi connectivity index (χ0n) is 8.08. The van der Waals surface area contributed by atoms with Crippen molar-refractivity contribution < 1.29 is 9.90 Å². The molecule has 0 saturated heterocycles. The summed E-state index contributed by atoms with van der Waals surface area (Å²) in [7, 11) is 0. The number of carboxylic acids is 1. The first kappa shape index (κ1) is 10.3. The third-order valence-electron chi connectivity index (χ3n) is 2.03. The Labute approximate surface area is 83.6 Å². The molecule has 0 spiro atoms. The van der Waals surface area contributed by atoms with Crippen molar-refractivity contribution in [3.05, 3.63) is 34.9 Å². The maximum atomic E-state index is 10.7. The maximum absolute atomic E-state index is 10.7. The van der Waals surface area contributed by atoms with Gasteiger partial charge in [0, 0.05) is 5.56 Å². The van der Waals surface area contributed by atoms with Gasteiger partial charge < -0.3 is 5.11 Å². The van der Waals surface area contributed by atoms with Crippen LogP contribution in [0.4, 0.5) is 0 Å². The standard InChI is InChI=1S/C12H12O2/c1-3-5-10-8-11(12(13)14)7-6-9(10)4-2/h2,6-8H,3,5H2,1H3,(H,13,14). The summed E-state index contributed by atoms with van der Waals surface area (Å²) in [4.78, 5) is 10.7. The van der Waals surface area contributed by atoms with Gasteiger partial charge in [-0.1, -0.05) is 19.3 Å². The lowest BCUT2D eigenvalue weighted by molar-refractivity contribution is 0.0697. The largest absolute Gasteiger partial charge is 0.478 e. The summed E-state index contributed by atoms with van der Waals surface area (Å²) in [6.07, 6.45) is 7.09. The van der Waals surface area contributed by atoms with Crippen molar-refractivity contribution in [2.45, 2.75) is 19.8 Å².